The Morgan fingerprint density at radius 2 is 0.982 bits per heavy atom. The first-order valence-corrected chi connectivity index (χ1v) is 19.3. The normalized spacial score (nSPS) is 11.6. The summed E-state index contributed by atoms with van der Waals surface area (Å²) in [6, 6.07) is 79.5. The fraction of sp³-hybridized carbons (Fsp3) is 0. The number of fused-ring (bicyclic) bond motifs is 7. The molecule has 1 aromatic heterocycles. The largest absolute Gasteiger partial charge is 0.310 e. The SMILES string of the molecule is c1ccc(-n2c3ccccc3c3c(N(c4ccc(-c5ccc6ccccc6c5)cc4)c4cccc(-c5cccc6c5ccc5ccccc56)c4)cccc32)cc1. The molecule has 0 N–H and O–H groups in total. The fourth-order valence-corrected chi connectivity index (χ4v) is 8.75. The lowest BCUT2D eigenvalue weighted by Crippen LogP contribution is -2.10. The molecule has 10 aromatic carbocycles. The van der Waals surface area contributed by atoms with Gasteiger partial charge in [-0.3, -0.25) is 0 Å². The topological polar surface area (TPSA) is 8.17 Å². The molecule has 0 saturated heterocycles. The molecule has 0 saturated carbocycles. The monoisotopic (exact) mass is 712 g/mol. The predicted octanol–water partition coefficient (Wildman–Crippen LogP) is 15.0. The van der Waals surface area contributed by atoms with Gasteiger partial charge in [-0.2, -0.15) is 0 Å². The van der Waals surface area contributed by atoms with Crippen molar-refractivity contribution in [3.8, 4) is 27.9 Å². The van der Waals surface area contributed by atoms with Crippen LogP contribution in [0.15, 0.2) is 218 Å². The smallest absolute Gasteiger partial charge is 0.0562 e. The van der Waals surface area contributed by atoms with Crippen molar-refractivity contribution in [2.45, 2.75) is 0 Å². The van der Waals surface area contributed by atoms with Crippen LogP contribution >= 0.6 is 0 Å². The molecule has 0 fully saturated rings. The molecular formula is C54H36N2. The van der Waals surface area contributed by atoms with Crippen molar-refractivity contribution in [2.24, 2.45) is 0 Å². The number of nitrogens with zero attached hydrogens (tertiary/aromatic N) is 2. The first kappa shape index (κ1) is 32.0. The first-order chi connectivity index (χ1) is 27.8. The van der Waals surface area contributed by atoms with E-state index < -0.39 is 0 Å². The highest BCUT2D eigenvalue weighted by Gasteiger charge is 2.21. The number of aromatic nitrogens is 1. The summed E-state index contributed by atoms with van der Waals surface area (Å²) in [5, 5.41) is 9.99. The zero-order chi connectivity index (χ0) is 37.0. The Morgan fingerprint density at radius 3 is 1.86 bits per heavy atom. The Bertz CT molecular complexity index is 3250. The summed E-state index contributed by atoms with van der Waals surface area (Å²) in [5.74, 6) is 0. The Hall–Kier alpha value is -7.42. The Balaban J connectivity index is 1.13. The van der Waals surface area contributed by atoms with Crippen molar-refractivity contribution in [1.82, 2.24) is 4.57 Å². The molecule has 2 heteroatoms. The molecule has 0 radical (unpaired) electrons. The van der Waals surface area contributed by atoms with E-state index in [2.05, 4.69) is 228 Å². The van der Waals surface area contributed by atoms with Crippen molar-refractivity contribution < 1.29 is 0 Å². The van der Waals surface area contributed by atoms with E-state index >= 15 is 0 Å². The van der Waals surface area contributed by atoms with Crippen LogP contribution in [0, 0.1) is 0 Å². The molecule has 1 heterocycles. The van der Waals surface area contributed by atoms with E-state index in [9.17, 15) is 0 Å². The number of benzene rings is 10. The molecule has 56 heavy (non-hydrogen) atoms. The third-order valence-electron chi connectivity index (χ3n) is 11.3. The summed E-state index contributed by atoms with van der Waals surface area (Å²) in [6.07, 6.45) is 0. The molecule has 0 spiro atoms. The summed E-state index contributed by atoms with van der Waals surface area (Å²) < 4.78 is 2.39. The molecule has 0 atom stereocenters. The highest BCUT2D eigenvalue weighted by atomic mass is 15.1. The quantitative estimate of drug-likeness (QED) is 0.156. The van der Waals surface area contributed by atoms with Gasteiger partial charge in [-0.15, -0.1) is 0 Å². The van der Waals surface area contributed by atoms with E-state index in [1.165, 1.54) is 76.4 Å². The van der Waals surface area contributed by atoms with Crippen molar-refractivity contribution >= 4 is 71.2 Å². The summed E-state index contributed by atoms with van der Waals surface area (Å²) >= 11 is 0. The van der Waals surface area contributed by atoms with Crippen LogP contribution < -0.4 is 4.90 Å². The maximum Gasteiger partial charge on any atom is 0.0562 e. The molecule has 11 rings (SSSR count). The van der Waals surface area contributed by atoms with Gasteiger partial charge in [0.2, 0.25) is 0 Å². The highest BCUT2D eigenvalue weighted by Crippen LogP contribution is 2.45. The summed E-state index contributed by atoms with van der Waals surface area (Å²) in [6.45, 7) is 0. The lowest BCUT2D eigenvalue weighted by atomic mass is 9.94. The minimum absolute atomic E-state index is 1.10. The van der Waals surface area contributed by atoms with Gasteiger partial charge >= 0.3 is 0 Å². The average molecular weight is 713 g/mol. The maximum atomic E-state index is 2.44. The molecule has 0 aliphatic carbocycles. The van der Waals surface area contributed by atoms with E-state index in [1.807, 2.05) is 0 Å². The molecule has 0 amide bonds. The highest BCUT2D eigenvalue weighted by molar-refractivity contribution is 6.17. The van der Waals surface area contributed by atoms with Gasteiger partial charge in [-0.05, 0) is 115 Å². The lowest BCUT2D eigenvalue weighted by molar-refractivity contribution is 1.18. The van der Waals surface area contributed by atoms with Gasteiger partial charge in [-0.1, -0.05) is 158 Å². The number of para-hydroxylation sites is 2. The Labute approximate surface area is 325 Å². The van der Waals surface area contributed by atoms with Crippen LogP contribution in [-0.2, 0) is 0 Å². The van der Waals surface area contributed by atoms with Gasteiger partial charge in [-0.25, -0.2) is 0 Å². The van der Waals surface area contributed by atoms with Gasteiger partial charge in [0.25, 0.3) is 0 Å². The second kappa shape index (κ2) is 13.2. The molecule has 0 bridgehead atoms. The van der Waals surface area contributed by atoms with E-state index in [4.69, 9.17) is 0 Å². The van der Waals surface area contributed by atoms with E-state index in [0.717, 1.165) is 22.7 Å². The van der Waals surface area contributed by atoms with Crippen LogP contribution in [0.1, 0.15) is 0 Å². The minimum Gasteiger partial charge on any atom is -0.310 e. The van der Waals surface area contributed by atoms with Crippen LogP contribution in [0.2, 0.25) is 0 Å². The van der Waals surface area contributed by atoms with Crippen molar-refractivity contribution in [3.05, 3.63) is 218 Å². The zero-order valence-electron chi connectivity index (χ0n) is 30.7. The van der Waals surface area contributed by atoms with Crippen LogP contribution in [-0.4, -0.2) is 4.57 Å². The van der Waals surface area contributed by atoms with Crippen molar-refractivity contribution in [3.63, 3.8) is 0 Å². The van der Waals surface area contributed by atoms with Gasteiger partial charge in [0.15, 0.2) is 0 Å². The van der Waals surface area contributed by atoms with E-state index in [1.54, 1.807) is 0 Å². The van der Waals surface area contributed by atoms with Crippen LogP contribution in [0.3, 0.4) is 0 Å². The number of anilines is 3. The summed E-state index contributed by atoms with van der Waals surface area (Å²) in [7, 11) is 0. The van der Waals surface area contributed by atoms with Gasteiger partial charge < -0.3 is 9.47 Å². The standard InChI is InChI=1S/C54H36N2/c1-2-17-43(18-3-1)56-51-24-9-8-21-50(51)54-52(25-12-26-53(54)56)55(44-32-29-38(30-33-44)41-28-27-37-13-4-5-15-40(37)35-41)45-19-10-16-42(36-45)47-22-11-23-48-46-20-7-6-14-39(46)31-34-49(47)48/h1-36H. The van der Waals surface area contributed by atoms with Gasteiger partial charge in [0, 0.05) is 27.8 Å². The fourth-order valence-electron chi connectivity index (χ4n) is 8.75. The molecule has 11 aromatic rings. The summed E-state index contributed by atoms with van der Waals surface area (Å²) in [5.41, 5.74) is 11.6. The maximum absolute atomic E-state index is 2.44. The average Bonchev–Trinajstić information content (AvgIpc) is 3.62. The Kier molecular flexibility index (Phi) is 7.53. The van der Waals surface area contributed by atoms with Gasteiger partial charge in [0.05, 0.1) is 16.7 Å². The first-order valence-electron chi connectivity index (χ1n) is 19.3. The number of hydrogen-bond acceptors (Lipinski definition) is 1. The third kappa shape index (κ3) is 5.26. The second-order valence-corrected chi connectivity index (χ2v) is 14.5. The number of hydrogen-bond donors (Lipinski definition) is 0. The lowest BCUT2D eigenvalue weighted by Gasteiger charge is -2.27. The van der Waals surface area contributed by atoms with Crippen molar-refractivity contribution in [2.75, 3.05) is 4.90 Å². The molecule has 0 unspecified atom stereocenters. The minimum atomic E-state index is 1.10. The molecule has 2 nitrogen and oxygen atoms in total. The van der Waals surface area contributed by atoms with Crippen LogP contribution in [0.25, 0.3) is 82.1 Å². The predicted molar refractivity (Wildman–Crippen MR) is 239 cm³/mol. The Morgan fingerprint density at radius 1 is 0.321 bits per heavy atom. The van der Waals surface area contributed by atoms with Crippen molar-refractivity contribution in [1.29, 1.82) is 0 Å². The summed E-state index contributed by atoms with van der Waals surface area (Å²) in [4.78, 5) is 2.44. The van der Waals surface area contributed by atoms with Crippen LogP contribution in [0.4, 0.5) is 17.1 Å². The van der Waals surface area contributed by atoms with E-state index in [-0.39, 0.29) is 0 Å². The molecule has 0 aliphatic heterocycles. The second-order valence-electron chi connectivity index (χ2n) is 14.5. The molecule has 0 aliphatic rings. The molecular weight excluding hydrogens is 677 g/mol. The zero-order valence-corrected chi connectivity index (χ0v) is 30.7. The van der Waals surface area contributed by atoms with Crippen LogP contribution in [0.5, 0.6) is 0 Å². The third-order valence-corrected chi connectivity index (χ3v) is 11.3. The molecule has 262 valence electrons. The van der Waals surface area contributed by atoms with Gasteiger partial charge in [0.1, 0.15) is 0 Å². The van der Waals surface area contributed by atoms with E-state index in [0.29, 0.717) is 0 Å². The number of rotatable bonds is 6.